The van der Waals surface area contributed by atoms with E-state index in [0.29, 0.717) is 17.2 Å². The second kappa shape index (κ2) is 2.75. The van der Waals surface area contributed by atoms with Crippen LogP contribution in [0.1, 0.15) is 15.9 Å². The molecule has 0 saturated heterocycles. The van der Waals surface area contributed by atoms with Gasteiger partial charge in [0.15, 0.2) is 0 Å². The normalized spacial score (nSPS) is 14.3. The van der Waals surface area contributed by atoms with E-state index in [1.54, 1.807) is 6.07 Å². The largest absolute Gasteiger partial charge is 0.457 e. The van der Waals surface area contributed by atoms with Crippen LogP contribution in [-0.4, -0.2) is 5.97 Å². The molecule has 1 heterocycles. The summed E-state index contributed by atoms with van der Waals surface area (Å²) in [5, 5.41) is 0.446. The van der Waals surface area contributed by atoms with Gasteiger partial charge >= 0.3 is 5.97 Å². The van der Waals surface area contributed by atoms with Crippen molar-refractivity contribution in [2.24, 2.45) is 0 Å². The molecule has 1 aliphatic heterocycles. The molecule has 12 heavy (non-hydrogen) atoms. The van der Waals surface area contributed by atoms with Crippen LogP contribution in [0.4, 0.5) is 0 Å². The van der Waals surface area contributed by atoms with Gasteiger partial charge in [-0.05, 0) is 12.1 Å². The summed E-state index contributed by atoms with van der Waals surface area (Å²) in [6, 6.07) is 3.53. The van der Waals surface area contributed by atoms with Crippen LogP contribution in [0.5, 0.6) is 0 Å². The zero-order chi connectivity index (χ0) is 8.72. The number of hydrogen-bond donors (Lipinski definition) is 0. The van der Waals surface area contributed by atoms with Crippen LogP contribution in [0.15, 0.2) is 16.6 Å². The van der Waals surface area contributed by atoms with Crippen molar-refractivity contribution in [3.8, 4) is 0 Å². The number of carbonyl (C=O) groups is 1. The molecule has 0 saturated carbocycles. The molecule has 0 aromatic heterocycles. The van der Waals surface area contributed by atoms with Gasteiger partial charge in [0, 0.05) is 10.0 Å². The molecule has 0 amide bonds. The summed E-state index contributed by atoms with van der Waals surface area (Å²) in [5.74, 6) is -0.331. The molecular weight excluding hydrogens is 243 g/mol. The lowest BCUT2D eigenvalue weighted by Gasteiger charge is -1.97. The first-order chi connectivity index (χ1) is 5.68. The summed E-state index contributed by atoms with van der Waals surface area (Å²) in [4.78, 5) is 11.1. The van der Waals surface area contributed by atoms with E-state index >= 15 is 0 Å². The van der Waals surface area contributed by atoms with Gasteiger partial charge in [0.25, 0.3) is 0 Å². The van der Waals surface area contributed by atoms with Gasteiger partial charge < -0.3 is 4.74 Å². The van der Waals surface area contributed by atoms with E-state index in [1.165, 1.54) is 0 Å². The Morgan fingerprint density at radius 3 is 3.00 bits per heavy atom. The molecule has 1 aromatic rings. The SMILES string of the molecule is O=C1OCc2cc(Br)cc(Cl)c21. The molecular formula is C8H4BrClO2. The van der Waals surface area contributed by atoms with Crippen molar-refractivity contribution in [3.05, 3.63) is 32.8 Å². The Hall–Kier alpha value is -0.540. The highest BCUT2D eigenvalue weighted by Crippen LogP contribution is 2.30. The standard InChI is InChI=1S/C8H4BrClO2/c9-5-1-4-3-12-8(11)7(4)6(10)2-5/h1-2H,3H2. The van der Waals surface area contributed by atoms with Crippen molar-refractivity contribution in [2.75, 3.05) is 0 Å². The molecule has 0 bridgehead atoms. The van der Waals surface area contributed by atoms with Gasteiger partial charge in [0.1, 0.15) is 6.61 Å². The molecule has 0 radical (unpaired) electrons. The molecule has 1 aliphatic rings. The zero-order valence-electron chi connectivity index (χ0n) is 5.93. The highest BCUT2D eigenvalue weighted by atomic mass is 79.9. The first kappa shape index (κ1) is 8.08. The number of carbonyl (C=O) groups excluding carboxylic acids is 1. The van der Waals surface area contributed by atoms with E-state index in [4.69, 9.17) is 16.3 Å². The van der Waals surface area contributed by atoms with Crippen LogP contribution < -0.4 is 0 Å². The van der Waals surface area contributed by atoms with E-state index < -0.39 is 0 Å². The van der Waals surface area contributed by atoms with Crippen molar-refractivity contribution < 1.29 is 9.53 Å². The minimum absolute atomic E-state index is 0.327. The number of halogens is 2. The fraction of sp³-hybridized carbons (Fsp3) is 0.125. The molecule has 2 rings (SSSR count). The molecule has 1 aromatic carbocycles. The summed E-state index contributed by atoms with van der Waals surface area (Å²) in [6.07, 6.45) is 0. The van der Waals surface area contributed by atoms with E-state index in [2.05, 4.69) is 15.9 Å². The first-order valence-corrected chi connectivity index (χ1v) is 4.50. The van der Waals surface area contributed by atoms with E-state index in [-0.39, 0.29) is 5.97 Å². The van der Waals surface area contributed by atoms with E-state index in [0.717, 1.165) is 10.0 Å². The fourth-order valence-electron chi connectivity index (χ4n) is 1.18. The maximum absolute atomic E-state index is 11.1. The van der Waals surface area contributed by atoms with Crippen molar-refractivity contribution in [1.29, 1.82) is 0 Å². The van der Waals surface area contributed by atoms with E-state index in [1.807, 2.05) is 6.07 Å². The predicted molar refractivity (Wildman–Crippen MR) is 48.3 cm³/mol. The molecule has 0 fully saturated rings. The second-order valence-corrected chi connectivity index (χ2v) is 3.82. The summed E-state index contributed by atoms with van der Waals surface area (Å²) in [6.45, 7) is 0.327. The summed E-state index contributed by atoms with van der Waals surface area (Å²) in [5.41, 5.74) is 1.35. The highest BCUT2D eigenvalue weighted by molar-refractivity contribution is 9.10. The maximum atomic E-state index is 11.1. The van der Waals surface area contributed by atoms with Crippen LogP contribution in [0.3, 0.4) is 0 Å². The third kappa shape index (κ3) is 1.13. The second-order valence-electron chi connectivity index (χ2n) is 2.50. The third-order valence-corrected chi connectivity index (χ3v) is 2.46. The Bertz CT molecular complexity index is 362. The molecule has 0 unspecified atom stereocenters. The summed E-state index contributed by atoms with van der Waals surface area (Å²) >= 11 is 9.12. The Morgan fingerprint density at radius 1 is 1.50 bits per heavy atom. The average Bonchev–Trinajstić information content (AvgIpc) is 2.31. The van der Waals surface area contributed by atoms with Gasteiger partial charge in [-0.2, -0.15) is 0 Å². The van der Waals surface area contributed by atoms with Crippen molar-refractivity contribution in [3.63, 3.8) is 0 Å². The molecule has 4 heteroatoms. The van der Waals surface area contributed by atoms with Gasteiger partial charge in [-0.3, -0.25) is 0 Å². The molecule has 0 spiro atoms. The van der Waals surface area contributed by atoms with Gasteiger partial charge in [-0.1, -0.05) is 27.5 Å². The Morgan fingerprint density at radius 2 is 2.25 bits per heavy atom. The van der Waals surface area contributed by atoms with Crippen LogP contribution in [-0.2, 0) is 11.3 Å². The Kier molecular flexibility index (Phi) is 1.85. The quantitative estimate of drug-likeness (QED) is 0.659. The number of hydrogen-bond acceptors (Lipinski definition) is 2. The number of ether oxygens (including phenoxy) is 1. The number of benzene rings is 1. The van der Waals surface area contributed by atoms with Gasteiger partial charge in [0.2, 0.25) is 0 Å². The van der Waals surface area contributed by atoms with Gasteiger partial charge in [-0.25, -0.2) is 4.79 Å². The Balaban J connectivity index is 2.68. The lowest BCUT2D eigenvalue weighted by atomic mass is 10.1. The minimum atomic E-state index is -0.331. The zero-order valence-corrected chi connectivity index (χ0v) is 8.28. The van der Waals surface area contributed by atoms with Crippen LogP contribution in [0.25, 0.3) is 0 Å². The van der Waals surface area contributed by atoms with Crippen LogP contribution in [0, 0.1) is 0 Å². The number of fused-ring (bicyclic) bond motifs is 1. The van der Waals surface area contributed by atoms with E-state index in [9.17, 15) is 4.79 Å². The van der Waals surface area contributed by atoms with Crippen molar-refractivity contribution >= 4 is 33.5 Å². The average molecular weight is 247 g/mol. The van der Waals surface area contributed by atoms with Crippen LogP contribution in [0.2, 0.25) is 5.02 Å². The lowest BCUT2D eigenvalue weighted by molar-refractivity contribution is 0.0535. The third-order valence-electron chi connectivity index (χ3n) is 1.70. The molecule has 62 valence electrons. The fourth-order valence-corrected chi connectivity index (χ4v) is 2.14. The molecule has 0 N–H and O–H groups in total. The smallest absolute Gasteiger partial charge is 0.340 e. The van der Waals surface area contributed by atoms with Crippen molar-refractivity contribution in [2.45, 2.75) is 6.61 Å². The molecule has 2 nitrogen and oxygen atoms in total. The summed E-state index contributed by atoms with van der Waals surface area (Å²) < 4.78 is 5.68. The number of cyclic esters (lactones) is 1. The summed E-state index contributed by atoms with van der Waals surface area (Å²) in [7, 11) is 0. The monoisotopic (exact) mass is 246 g/mol. The molecule has 0 atom stereocenters. The minimum Gasteiger partial charge on any atom is -0.457 e. The topological polar surface area (TPSA) is 26.3 Å². The first-order valence-electron chi connectivity index (χ1n) is 3.33. The Labute approximate surface area is 82.6 Å². The molecule has 0 aliphatic carbocycles. The predicted octanol–water partition coefficient (Wildman–Crippen LogP) is 2.77. The lowest BCUT2D eigenvalue weighted by Crippen LogP contribution is -1.94. The maximum Gasteiger partial charge on any atom is 0.340 e. The highest BCUT2D eigenvalue weighted by Gasteiger charge is 2.24. The van der Waals surface area contributed by atoms with Gasteiger partial charge in [-0.15, -0.1) is 0 Å². The number of rotatable bonds is 0. The number of esters is 1. The van der Waals surface area contributed by atoms with Crippen molar-refractivity contribution in [1.82, 2.24) is 0 Å². The van der Waals surface area contributed by atoms with Gasteiger partial charge in [0.05, 0.1) is 10.6 Å². The van der Waals surface area contributed by atoms with Crippen LogP contribution >= 0.6 is 27.5 Å².